The van der Waals surface area contributed by atoms with Crippen molar-refractivity contribution in [3.8, 4) is 0 Å². The lowest BCUT2D eigenvalue weighted by Gasteiger charge is -2.13. The van der Waals surface area contributed by atoms with Crippen LogP contribution >= 0.6 is 15.9 Å². The van der Waals surface area contributed by atoms with E-state index >= 15 is 0 Å². The van der Waals surface area contributed by atoms with Crippen LogP contribution in [0.3, 0.4) is 0 Å². The number of carbonyl (C=O) groups excluding carboxylic acids is 1. The summed E-state index contributed by atoms with van der Waals surface area (Å²) in [5, 5.41) is 2.74. The number of anilines is 1. The van der Waals surface area contributed by atoms with Gasteiger partial charge in [-0.3, -0.25) is 4.79 Å². The number of benzene rings is 2. The Morgan fingerprint density at radius 1 is 1.13 bits per heavy atom. The normalized spacial score (nSPS) is 11.3. The number of aryl methyl sites for hydroxylation is 2. The molecule has 0 aliphatic heterocycles. The predicted molar refractivity (Wildman–Crippen MR) is 95.4 cm³/mol. The molecule has 0 heterocycles. The molecule has 2 aromatic carbocycles. The summed E-state index contributed by atoms with van der Waals surface area (Å²) in [4.78, 5) is 12.3. The lowest BCUT2D eigenvalue weighted by molar-refractivity contribution is -0.113. The first kappa shape index (κ1) is 17.7. The molecule has 0 spiro atoms. The molecule has 2 aromatic rings. The number of hydrogen-bond acceptors (Lipinski definition) is 3. The van der Waals surface area contributed by atoms with Crippen molar-refractivity contribution >= 4 is 37.4 Å². The highest BCUT2D eigenvalue weighted by molar-refractivity contribution is 9.10. The van der Waals surface area contributed by atoms with Crippen LogP contribution in [0.2, 0.25) is 0 Å². The lowest BCUT2D eigenvalue weighted by Crippen LogP contribution is -2.24. The zero-order chi connectivity index (χ0) is 17.0. The van der Waals surface area contributed by atoms with E-state index in [9.17, 15) is 13.2 Å². The number of para-hydroxylation sites is 1. The van der Waals surface area contributed by atoms with Crippen LogP contribution in [0, 0.1) is 6.92 Å². The molecule has 0 aliphatic carbocycles. The molecular weight excluding hydrogens is 378 g/mol. The van der Waals surface area contributed by atoms with Crippen LogP contribution in [0.15, 0.2) is 51.8 Å². The minimum atomic E-state index is -3.66. The number of nitrogens with one attached hydrogen (secondary N) is 1. The second-order valence-corrected chi connectivity index (χ2v) is 8.13. The summed E-state index contributed by atoms with van der Waals surface area (Å²) in [6, 6.07) is 12.0. The molecule has 0 saturated heterocycles. The van der Waals surface area contributed by atoms with Crippen LogP contribution in [-0.2, 0) is 21.1 Å². The van der Waals surface area contributed by atoms with E-state index in [2.05, 4.69) is 21.2 Å². The van der Waals surface area contributed by atoms with Gasteiger partial charge in [0.05, 0.1) is 4.90 Å². The van der Waals surface area contributed by atoms with E-state index in [-0.39, 0.29) is 4.90 Å². The van der Waals surface area contributed by atoms with Crippen LogP contribution in [0.5, 0.6) is 0 Å². The van der Waals surface area contributed by atoms with Crippen molar-refractivity contribution in [1.29, 1.82) is 0 Å². The molecule has 1 amide bonds. The average molecular weight is 396 g/mol. The maximum absolute atomic E-state index is 12.3. The summed E-state index contributed by atoms with van der Waals surface area (Å²) < 4.78 is 25.4. The van der Waals surface area contributed by atoms with Crippen molar-refractivity contribution in [2.75, 3.05) is 11.1 Å². The highest BCUT2D eigenvalue weighted by atomic mass is 79.9. The molecule has 0 bridgehead atoms. The van der Waals surface area contributed by atoms with Gasteiger partial charge in [-0.25, -0.2) is 8.42 Å². The minimum Gasteiger partial charge on any atom is -0.325 e. The molecule has 122 valence electrons. The first-order valence-electron chi connectivity index (χ1n) is 7.20. The highest BCUT2D eigenvalue weighted by Gasteiger charge is 2.20. The molecule has 0 radical (unpaired) electrons. The molecule has 6 heteroatoms. The molecule has 0 atom stereocenters. The molecule has 0 saturated carbocycles. The Kier molecular flexibility index (Phi) is 5.59. The highest BCUT2D eigenvalue weighted by Crippen LogP contribution is 2.22. The lowest BCUT2D eigenvalue weighted by atomic mass is 10.1. The summed E-state index contributed by atoms with van der Waals surface area (Å²) >= 11 is 3.26. The second-order valence-electron chi connectivity index (χ2n) is 5.22. The van der Waals surface area contributed by atoms with Gasteiger partial charge in [-0.1, -0.05) is 41.1 Å². The van der Waals surface area contributed by atoms with Gasteiger partial charge < -0.3 is 5.32 Å². The minimum absolute atomic E-state index is 0.136. The topological polar surface area (TPSA) is 63.2 Å². The van der Waals surface area contributed by atoms with Crippen molar-refractivity contribution < 1.29 is 13.2 Å². The van der Waals surface area contributed by atoms with E-state index in [1.165, 1.54) is 12.1 Å². The summed E-state index contributed by atoms with van der Waals surface area (Å²) in [7, 11) is -3.66. The predicted octanol–water partition coefficient (Wildman–Crippen LogP) is 3.73. The standard InChI is InChI=1S/C17H18BrNO3S/c1-3-13-6-4-5-12(2)17(13)19-16(20)11-23(21,22)15-9-7-14(18)8-10-15/h4-10H,3,11H2,1-2H3,(H,19,20). The third kappa shape index (κ3) is 4.42. The van der Waals surface area contributed by atoms with E-state index in [0.717, 1.165) is 22.0 Å². The Bertz CT molecular complexity index is 814. The van der Waals surface area contributed by atoms with Gasteiger partial charge in [-0.05, 0) is 48.7 Å². The van der Waals surface area contributed by atoms with Gasteiger partial charge in [0.15, 0.2) is 9.84 Å². The maximum atomic E-state index is 12.3. The Morgan fingerprint density at radius 2 is 1.78 bits per heavy atom. The van der Waals surface area contributed by atoms with Gasteiger partial charge in [0.2, 0.25) is 5.91 Å². The van der Waals surface area contributed by atoms with E-state index in [1.54, 1.807) is 12.1 Å². The average Bonchev–Trinajstić information content (AvgIpc) is 2.49. The third-order valence-electron chi connectivity index (χ3n) is 3.50. The summed E-state index contributed by atoms with van der Waals surface area (Å²) in [5.74, 6) is -1.11. The van der Waals surface area contributed by atoms with Crippen molar-refractivity contribution in [2.24, 2.45) is 0 Å². The first-order chi connectivity index (χ1) is 10.8. The molecule has 0 fully saturated rings. The number of carbonyl (C=O) groups is 1. The summed E-state index contributed by atoms with van der Waals surface area (Å²) in [6.45, 7) is 3.88. The van der Waals surface area contributed by atoms with E-state index in [0.29, 0.717) is 5.69 Å². The van der Waals surface area contributed by atoms with E-state index < -0.39 is 21.5 Å². The van der Waals surface area contributed by atoms with Crippen molar-refractivity contribution in [3.05, 3.63) is 58.1 Å². The Balaban J connectivity index is 2.18. The zero-order valence-corrected chi connectivity index (χ0v) is 15.4. The Labute approximate surface area is 145 Å². The van der Waals surface area contributed by atoms with Gasteiger partial charge in [0.1, 0.15) is 5.75 Å². The third-order valence-corrected chi connectivity index (χ3v) is 5.66. The van der Waals surface area contributed by atoms with E-state index in [1.807, 2.05) is 32.0 Å². The number of amides is 1. The Hall–Kier alpha value is -1.66. The van der Waals surface area contributed by atoms with Gasteiger partial charge in [-0.15, -0.1) is 0 Å². The SMILES string of the molecule is CCc1cccc(C)c1NC(=O)CS(=O)(=O)c1ccc(Br)cc1. The molecule has 23 heavy (non-hydrogen) atoms. The zero-order valence-electron chi connectivity index (χ0n) is 13.0. The van der Waals surface area contributed by atoms with Crippen molar-refractivity contribution in [2.45, 2.75) is 25.2 Å². The van der Waals surface area contributed by atoms with Crippen LogP contribution in [-0.4, -0.2) is 20.1 Å². The second kappa shape index (κ2) is 7.27. The van der Waals surface area contributed by atoms with Crippen LogP contribution in [0.4, 0.5) is 5.69 Å². The number of hydrogen-bond donors (Lipinski definition) is 1. The summed E-state index contributed by atoms with van der Waals surface area (Å²) in [5.41, 5.74) is 2.60. The molecule has 0 aliphatic rings. The van der Waals surface area contributed by atoms with Crippen LogP contribution in [0.1, 0.15) is 18.1 Å². The van der Waals surface area contributed by atoms with Crippen molar-refractivity contribution in [1.82, 2.24) is 0 Å². The smallest absolute Gasteiger partial charge is 0.239 e. The molecule has 1 N–H and O–H groups in total. The monoisotopic (exact) mass is 395 g/mol. The number of halogens is 1. The van der Waals surface area contributed by atoms with Gasteiger partial charge in [0.25, 0.3) is 0 Å². The van der Waals surface area contributed by atoms with Gasteiger partial charge in [0, 0.05) is 10.2 Å². The molecule has 4 nitrogen and oxygen atoms in total. The Morgan fingerprint density at radius 3 is 2.39 bits per heavy atom. The fraction of sp³-hybridized carbons (Fsp3) is 0.235. The first-order valence-corrected chi connectivity index (χ1v) is 9.64. The molecule has 2 rings (SSSR count). The quantitative estimate of drug-likeness (QED) is 0.838. The molecule has 0 unspecified atom stereocenters. The van der Waals surface area contributed by atoms with Gasteiger partial charge >= 0.3 is 0 Å². The molecule has 0 aromatic heterocycles. The maximum Gasteiger partial charge on any atom is 0.239 e. The van der Waals surface area contributed by atoms with E-state index in [4.69, 9.17) is 0 Å². The fourth-order valence-electron chi connectivity index (χ4n) is 2.28. The van der Waals surface area contributed by atoms with Crippen LogP contribution in [0.25, 0.3) is 0 Å². The number of sulfone groups is 1. The van der Waals surface area contributed by atoms with Crippen molar-refractivity contribution in [3.63, 3.8) is 0 Å². The molecular formula is C17H18BrNO3S. The van der Waals surface area contributed by atoms with Crippen LogP contribution < -0.4 is 5.32 Å². The largest absolute Gasteiger partial charge is 0.325 e. The fourth-order valence-corrected chi connectivity index (χ4v) is 3.67. The summed E-state index contributed by atoms with van der Waals surface area (Å²) in [6.07, 6.45) is 0.761. The number of rotatable bonds is 5. The van der Waals surface area contributed by atoms with Gasteiger partial charge in [-0.2, -0.15) is 0 Å².